The van der Waals surface area contributed by atoms with Gasteiger partial charge in [-0.05, 0) is 24.1 Å². The third-order valence-electron chi connectivity index (χ3n) is 4.78. The molecule has 0 saturated carbocycles. The van der Waals surface area contributed by atoms with Crippen LogP contribution >= 0.6 is 0 Å². The molecule has 1 fully saturated rings. The van der Waals surface area contributed by atoms with Gasteiger partial charge in [-0.15, -0.1) is 0 Å². The van der Waals surface area contributed by atoms with Crippen LogP contribution in [0.15, 0.2) is 42.5 Å². The highest BCUT2D eigenvalue weighted by molar-refractivity contribution is 5.95. The summed E-state index contributed by atoms with van der Waals surface area (Å²) in [6, 6.07) is 13.9. The van der Waals surface area contributed by atoms with Crippen LogP contribution in [0.5, 0.6) is 17.2 Å². The number of hydrogen-bond donors (Lipinski definition) is 1. The Labute approximate surface area is 160 Å². The van der Waals surface area contributed by atoms with Gasteiger partial charge in [0.2, 0.25) is 5.75 Å². The molecule has 6 heteroatoms. The molecule has 1 saturated heterocycles. The Bertz CT molecular complexity index is 754. The van der Waals surface area contributed by atoms with E-state index in [0.29, 0.717) is 22.8 Å². The van der Waals surface area contributed by atoms with Gasteiger partial charge in [-0.3, -0.25) is 9.69 Å². The van der Waals surface area contributed by atoms with Crippen LogP contribution < -0.4 is 19.5 Å². The Kier molecular flexibility index (Phi) is 6.19. The number of carbonyl (C=O) groups excluding carboxylic acids is 1. The lowest BCUT2D eigenvalue weighted by atomic mass is 10.1. The molecule has 1 atom stereocenters. The van der Waals surface area contributed by atoms with Gasteiger partial charge in [0, 0.05) is 31.2 Å². The van der Waals surface area contributed by atoms with Crippen LogP contribution in [-0.4, -0.2) is 51.3 Å². The number of nitrogens with zero attached hydrogens (tertiary/aromatic N) is 1. The normalized spacial score (nSPS) is 16.8. The van der Waals surface area contributed by atoms with Gasteiger partial charge in [0.1, 0.15) is 0 Å². The van der Waals surface area contributed by atoms with Gasteiger partial charge < -0.3 is 19.5 Å². The van der Waals surface area contributed by atoms with E-state index in [2.05, 4.69) is 34.5 Å². The van der Waals surface area contributed by atoms with Crippen molar-refractivity contribution in [3.8, 4) is 17.2 Å². The molecule has 0 bridgehead atoms. The Hall–Kier alpha value is -2.73. The van der Waals surface area contributed by atoms with Crippen molar-refractivity contribution < 1.29 is 19.0 Å². The van der Waals surface area contributed by atoms with E-state index in [-0.39, 0.29) is 11.9 Å². The summed E-state index contributed by atoms with van der Waals surface area (Å²) in [4.78, 5) is 15.1. The second-order valence-corrected chi connectivity index (χ2v) is 6.59. The van der Waals surface area contributed by atoms with Gasteiger partial charge in [0.25, 0.3) is 5.91 Å². The van der Waals surface area contributed by atoms with Crippen LogP contribution in [0.2, 0.25) is 0 Å². The zero-order valence-electron chi connectivity index (χ0n) is 16.0. The summed E-state index contributed by atoms with van der Waals surface area (Å²) in [5.41, 5.74) is 1.78. The van der Waals surface area contributed by atoms with E-state index in [4.69, 9.17) is 14.2 Å². The minimum atomic E-state index is -0.138. The molecule has 0 aliphatic carbocycles. The minimum absolute atomic E-state index is 0.125. The van der Waals surface area contributed by atoms with Crippen molar-refractivity contribution in [2.24, 2.45) is 0 Å². The van der Waals surface area contributed by atoms with E-state index in [1.54, 1.807) is 19.2 Å². The molecule has 0 unspecified atom stereocenters. The van der Waals surface area contributed by atoms with Crippen LogP contribution in [0.3, 0.4) is 0 Å². The largest absolute Gasteiger partial charge is 0.493 e. The number of amides is 1. The summed E-state index contributed by atoms with van der Waals surface area (Å²) in [6.45, 7) is 2.71. The standard InChI is InChI=1S/C21H26N2O4/c1-25-18-11-16(12-19(26-2)20(18)27-3)21(24)22-17-9-10-23(14-17)13-15-7-5-4-6-8-15/h4-8,11-12,17H,9-10,13-14H2,1-3H3,(H,22,24)/t17-/m0/s1. The fraction of sp³-hybridized carbons (Fsp3) is 0.381. The molecule has 27 heavy (non-hydrogen) atoms. The van der Waals surface area contributed by atoms with Crippen molar-refractivity contribution >= 4 is 5.91 Å². The van der Waals surface area contributed by atoms with E-state index in [0.717, 1.165) is 26.1 Å². The van der Waals surface area contributed by atoms with E-state index >= 15 is 0 Å². The molecule has 0 radical (unpaired) electrons. The number of likely N-dealkylation sites (tertiary alicyclic amines) is 1. The first-order valence-corrected chi connectivity index (χ1v) is 9.01. The maximum absolute atomic E-state index is 12.7. The fourth-order valence-electron chi connectivity index (χ4n) is 3.42. The molecule has 1 aliphatic rings. The molecule has 2 aromatic carbocycles. The average molecular weight is 370 g/mol. The third-order valence-corrected chi connectivity index (χ3v) is 4.78. The molecule has 6 nitrogen and oxygen atoms in total. The van der Waals surface area contributed by atoms with Gasteiger partial charge in [0.15, 0.2) is 11.5 Å². The lowest BCUT2D eigenvalue weighted by Crippen LogP contribution is -2.37. The summed E-state index contributed by atoms with van der Waals surface area (Å²) in [7, 11) is 4.62. The predicted octanol–water partition coefficient (Wildman–Crippen LogP) is 2.72. The van der Waals surface area contributed by atoms with Crippen LogP contribution in [0.1, 0.15) is 22.3 Å². The second kappa shape index (κ2) is 8.77. The number of hydrogen-bond acceptors (Lipinski definition) is 5. The van der Waals surface area contributed by atoms with Crippen molar-refractivity contribution in [1.82, 2.24) is 10.2 Å². The highest BCUT2D eigenvalue weighted by atomic mass is 16.5. The topological polar surface area (TPSA) is 60.0 Å². The van der Waals surface area contributed by atoms with Gasteiger partial charge in [0.05, 0.1) is 21.3 Å². The van der Waals surface area contributed by atoms with Crippen LogP contribution in [0.25, 0.3) is 0 Å². The SMILES string of the molecule is COc1cc(C(=O)N[C@H]2CCN(Cc3ccccc3)C2)cc(OC)c1OC. The summed E-state index contributed by atoms with van der Waals surface area (Å²) in [5, 5.41) is 3.12. The van der Waals surface area contributed by atoms with Crippen molar-refractivity contribution in [3.05, 3.63) is 53.6 Å². The first-order chi connectivity index (χ1) is 13.1. The zero-order valence-corrected chi connectivity index (χ0v) is 16.0. The molecule has 1 amide bonds. The Morgan fingerprint density at radius 3 is 2.33 bits per heavy atom. The molecule has 3 rings (SSSR count). The summed E-state index contributed by atoms with van der Waals surface area (Å²) in [5.74, 6) is 1.28. The highest BCUT2D eigenvalue weighted by Crippen LogP contribution is 2.38. The smallest absolute Gasteiger partial charge is 0.251 e. The molecule has 144 valence electrons. The molecular formula is C21H26N2O4. The third kappa shape index (κ3) is 4.52. The second-order valence-electron chi connectivity index (χ2n) is 6.59. The summed E-state index contributed by atoms with van der Waals surface area (Å²) < 4.78 is 16.0. The zero-order chi connectivity index (χ0) is 19.2. The summed E-state index contributed by atoms with van der Waals surface area (Å²) >= 11 is 0. The molecule has 0 aromatic heterocycles. The van der Waals surface area contributed by atoms with Crippen molar-refractivity contribution in [3.63, 3.8) is 0 Å². The number of ether oxygens (including phenoxy) is 3. The maximum atomic E-state index is 12.7. The number of benzene rings is 2. The maximum Gasteiger partial charge on any atom is 0.251 e. The first-order valence-electron chi connectivity index (χ1n) is 9.01. The van der Waals surface area contributed by atoms with Gasteiger partial charge in [-0.2, -0.15) is 0 Å². The molecular weight excluding hydrogens is 344 g/mol. The minimum Gasteiger partial charge on any atom is -0.493 e. The molecule has 1 aliphatic heterocycles. The quantitative estimate of drug-likeness (QED) is 0.812. The van der Waals surface area contributed by atoms with Crippen molar-refractivity contribution in [2.45, 2.75) is 19.0 Å². The van der Waals surface area contributed by atoms with E-state index in [1.807, 2.05) is 6.07 Å². The predicted molar refractivity (Wildman–Crippen MR) is 104 cm³/mol. The van der Waals surface area contributed by atoms with E-state index in [1.165, 1.54) is 19.8 Å². The molecule has 1 heterocycles. The van der Waals surface area contributed by atoms with Crippen LogP contribution in [0.4, 0.5) is 0 Å². The van der Waals surface area contributed by atoms with Crippen LogP contribution in [0, 0.1) is 0 Å². The Morgan fingerprint density at radius 2 is 1.74 bits per heavy atom. The van der Waals surface area contributed by atoms with E-state index in [9.17, 15) is 4.79 Å². The number of methoxy groups -OCH3 is 3. The molecule has 2 aromatic rings. The first kappa shape index (κ1) is 19.0. The lowest BCUT2D eigenvalue weighted by Gasteiger charge is -2.18. The van der Waals surface area contributed by atoms with Gasteiger partial charge in [-0.25, -0.2) is 0 Å². The molecule has 1 N–H and O–H groups in total. The summed E-state index contributed by atoms with van der Waals surface area (Å²) in [6.07, 6.45) is 0.934. The van der Waals surface area contributed by atoms with E-state index < -0.39 is 0 Å². The van der Waals surface area contributed by atoms with Gasteiger partial charge in [-0.1, -0.05) is 30.3 Å². The Balaban J connectivity index is 1.64. The monoisotopic (exact) mass is 370 g/mol. The fourth-order valence-corrected chi connectivity index (χ4v) is 3.42. The van der Waals surface area contributed by atoms with Crippen molar-refractivity contribution in [1.29, 1.82) is 0 Å². The number of rotatable bonds is 7. The highest BCUT2D eigenvalue weighted by Gasteiger charge is 2.25. The lowest BCUT2D eigenvalue weighted by molar-refractivity contribution is 0.0937. The van der Waals surface area contributed by atoms with Gasteiger partial charge >= 0.3 is 0 Å². The molecule has 0 spiro atoms. The number of nitrogens with one attached hydrogen (secondary N) is 1. The van der Waals surface area contributed by atoms with Crippen molar-refractivity contribution in [2.75, 3.05) is 34.4 Å². The van der Waals surface area contributed by atoms with Crippen LogP contribution in [-0.2, 0) is 6.54 Å². The average Bonchev–Trinajstić information content (AvgIpc) is 3.14. The Morgan fingerprint density at radius 1 is 1.07 bits per heavy atom. The number of carbonyl (C=O) groups is 1.